The molecule has 2 aliphatic carbocycles. The average Bonchev–Trinajstić information content (AvgIpc) is 3.42. The Morgan fingerprint density at radius 2 is 0.737 bits per heavy atom. The van der Waals surface area contributed by atoms with Gasteiger partial charge < -0.3 is 72.1 Å². The van der Waals surface area contributed by atoms with Gasteiger partial charge in [-0.25, -0.2) is 0 Å². The predicted molar refractivity (Wildman–Crippen MR) is 330 cm³/mol. The first-order valence-corrected chi connectivity index (χ1v) is 34.3. The molecule has 0 amide bonds. The number of nitrogen functional groups attached to an aromatic ring is 2. The monoisotopic (exact) mass is 1170 g/mol. The van der Waals surface area contributed by atoms with Crippen molar-refractivity contribution in [3.63, 3.8) is 0 Å². The lowest BCUT2D eigenvalue weighted by molar-refractivity contribution is 0.000970. The highest BCUT2D eigenvalue weighted by Gasteiger charge is 2.25. The Hall–Kier alpha value is -1.76. The van der Waals surface area contributed by atoms with Crippen LogP contribution in [0.15, 0.2) is 47.6 Å². The Labute approximate surface area is 481 Å². The predicted octanol–water partition coefficient (Wildman–Crippen LogP) is 10.7. The Morgan fingerprint density at radius 1 is 0.434 bits per heavy atom. The van der Waals surface area contributed by atoms with E-state index in [0.29, 0.717) is 95.9 Å². The number of aliphatic hydroxyl groups excluding tert-OH is 4. The minimum Gasteiger partial charge on any atom is -0.397 e. The van der Waals surface area contributed by atoms with Crippen molar-refractivity contribution in [3.8, 4) is 0 Å². The van der Waals surface area contributed by atoms with Crippen molar-refractivity contribution in [2.24, 2.45) is 23.7 Å². The summed E-state index contributed by atoms with van der Waals surface area (Å²) < 4.78 is 24.2. The van der Waals surface area contributed by atoms with Crippen LogP contribution in [0.2, 0.25) is 0 Å². The summed E-state index contributed by atoms with van der Waals surface area (Å²) in [5, 5.41) is 57.3. The van der Waals surface area contributed by atoms with Gasteiger partial charge in [-0.2, -0.15) is 0 Å². The largest absolute Gasteiger partial charge is 0.397 e. The SMILES string of the molecule is CSc1cc(C)c(NCC(O)COCC2CCC(COCCC(O)CNc3c(SC)cc(C)c(NCC(O)COCC4CCC(COCC(O)CNc5c(C)cc(SC)c(N)c5SC)CC4)c3SC)CC2)c(SC)c1N. The maximum atomic E-state index is 11.0. The molecule has 0 spiro atoms. The van der Waals surface area contributed by atoms with Gasteiger partial charge in [0.15, 0.2) is 0 Å². The summed E-state index contributed by atoms with van der Waals surface area (Å²) in [7, 11) is 0. The molecule has 0 aromatic heterocycles. The zero-order valence-corrected chi connectivity index (χ0v) is 51.6. The third-order valence-corrected chi connectivity index (χ3v) is 19.4. The van der Waals surface area contributed by atoms with E-state index in [9.17, 15) is 20.4 Å². The number of rotatable bonds is 35. The number of nitrogens with two attached hydrogens (primary N) is 2. The molecule has 0 bridgehead atoms. The zero-order valence-electron chi connectivity index (χ0n) is 46.7. The molecule has 430 valence electrons. The van der Waals surface area contributed by atoms with E-state index < -0.39 is 24.4 Å². The maximum Gasteiger partial charge on any atom is 0.0945 e. The van der Waals surface area contributed by atoms with Crippen molar-refractivity contribution in [3.05, 3.63) is 34.9 Å². The molecule has 2 aliphatic rings. The fourth-order valence-electron chi connectivity index (χ4n) is 10.1. The molecule has 2 saturated carbocycles. The van der Waals surface area contributed by atoms with E-state index in [1.807, 2.05) is 25.0 Å². The van der Waals surface area contributed by atoms with Crippen molar-refractivity contribution in [2.75, 3.05) is 149 Å². The standard InChI is InChI=1S/C56H92N6O8S6/c1-34-20-45(71-4)48(57)54(74-7)50(34)59-24-42(64)31-68-28-38-12-10-37(11-13-38)27-67-19-18-41(63)23-62-53-47(73-6)22-36(3)52(56(53)76-9)61-26-44(66)33-70-30-40-16-14-39(15-17-40)29-69-32-43(65)25-60-51-35(2)21-46(72-5)49(58)55(51)75-8/h20-22,37-44,59-66H,10-19,23-33,57-58H2,1-9H3. The second-order valence-corrected chi connectivity index (χ2v) is 25.5. The van der Waals surface area contributed by atoms with E-state index in [1.54, 1.807) is 70.6 Å². The second kappa shape index (κ2) is 34.5. The summed E-state index contributed by atoms with van der Waals surface area (Å²) in [6.45, 7) is 11.7. The van der Waals surface area contributed by atoms with Crippen LogP contribution in [0.1, 0.15) is 74.5 Å². The molecule has 0 aliphatic heterocycles. The van der Waals surface area contributed by atoms with Crippen molar-refractivity contribution < 1.29 is 39.4 Å². The number of aliphatic hydroxyl groups is 4. The fraction of sp³-hybridized carbons (Fsp3) is 0.679. The minimum absolute atomic E-state index is 0.260. The Bertz CT molecular complexity index is 2200. The topological polar surface area (TPSA) is 218 Å². The number of anilines is 6. The number of aryl methyl sites for hydroxylation is 3. The molecule has 4 atom stereocenters. The molecule has 14 nitrogen and oxygen atoms in total. The van der Waals surface area contributed by atoms with E-state index in [1.165, 1.54) is 0 Å². The number of ether oxygens (including phenoxy) is 4. The fourth-order valence-corrected chi connectivity index (χ4v) is 14.6. The summed E-state index contributed by atoms with van der Waals surface area (Å²) >= 11 is 9.84. The summed E-state index contributed by atoms with van der Waals surface area (Å²) in [5.41, 5.74) is 21.6. The first-order valence-electron chi connectivity index (χ1n) is 26.9. The number of hydrogen-bond donors (Lipinski definition) is 10. The molecule has 5 rings (SSSR count). The van der Waals surface area contributed by atoms with Crippen LogP contribution in [0.4, 0.5) is 34.1 Å². The molecule has 2 fully saturated rings. The lowest BCUT2D eigenvalue weighted by atomic mass is 9.83. The van der Waals surface area contributed by atoms with Gasteiger partial charge in [0.1, 0.15) is 0 Å². The van der Waals surface area contributed by atoms with Gasteiger partial charge in [0.25, 0.3) is 0 Å². The molecular weight excluding hydrogens is 1080 g/mol. The van der Waals surface area contributed by atoms with Crippen LogP contribution in [0.3, 0.4) is 0 Å². The van der Waals surface area contributed by atoms with E-state index >= 15 is 0 Å². The highest BCUT2D eigenvalue weighted by atomic mass is 32.2. The third-order valence-electron chi connectivity index (χ3n) is 14.6. The summed E-state index contributed by atoms with van der Waals surface area (Å²) in [5.74, 6) is 1.92. The molecule has 4 unspecified atom stereocenters. The van der Waals surface area contributed by atoms with Crippen molar-refractivity contribution in [1.82, 2.24) is 0 Å². The van der Waals surface area contributed by atoms with E-state index in [4.69, 9.17) is 30.4 Å². The van der Waals surface area contributed by atoms with Gasteiger partial charge in [-0.3, -0.25) is 0 Å². The molecule has 12 N–H and O–H groups in total. The van der Waals surface area contributed by atoms with Crippen LogP contribution >= 0.6 is 70.6 Å². The van der Waals surface area contributed by atoms with Crippen LogP contribution in [0.5, 0.6) is 0 Å². The number of hydrogen-bond acceptors (Lipinski definition) is 20. The lowest BCUT2D eigenvalue weighted by Gasteiger charge is -2.29. The van der Waals surface area contributed by atoms with Gasteiger partial charge in [-0.1, -0.05) is 0 Å². The Kier molecular flexibility index (Phi) is 29.5. The van der Waals surface area contributed by atoms with E-state index in [0.717, 1.165) is 132 Å². The van der Waals surface area contributed by atoms with Gasteiger partial charge >= 0.3 is 0 Å². The van der Waals surface area contributed by atoms with Gasteiger partial charge in [-0.05, 0) is 175 Å². The third kappa shape index (κ3) is 20.0. The molecule has 76 heavy (non-hydrogen) atoms. The molecule has 3 aromatic rings. The quantitative estimate of drug-likeness (QED) is 0.0150. The first-order chi connectivity index (χ1) is 36.6. The molecule has 0 heterocycles. The summed E-state index contributed by atoms with van der Waals surface area (Å²) in [6, 6.07) is 6.35. The molecule has 0 radical (unpaired) electrons. The zero-order chi connectivity index (χ0) is 55.1. The highest BCUT2D eigenvalue weighted by molar-refractivity contribution is 8.00. The van der Waals surface area contributed by atoms with Gasteiger partial charge in [0, 0.05) is 73.9 Å². The first kappa shape index (κ1) is 65.1. The van der Waals surface area contributed by atoms with E-state index in [-0.39, 0.29) is 13.2 Å². The Morgan fingerprint density at radius 3 is 1.08 bits per heavy atom. The molecule has 3 aromatic carbocycles. The van der Waals surface area contributed by atoms with Gasteiger partial charge in [0.05, 0.1) is 93.0 Å². The molecular formula is C56H92N6O8S6. The second-order valence-electron chi connectivity index (χ2n) is 20.5. The normalized spacial score (nSPS) is 19.5. The highest BCUT2D eigenvalue weighted by Crippen LogP contribution is 2.44. The van der Waals surface area contributed by atoms with Crippen LogP contribution in [0.25, 0.3) is 0 Å². The smallest absolute Gasteiger partial charge is 0.0945 e. The molecule has 0 saturated heterocycles. The van der Waals surface area contributed by atoms with E-state index in [2.05, 4.69) is 72.7 Å². The number of nitrogens with one attached hydrogen (secondary N) is 4. The van der Waals surface area contributed by atoms with Crippen molar-refractivity contribution in [2.45, 2.75) is 132 Å². The number of thioether (sulfide) groups is 6. The van der Waals surface area contributed by atoms with Crippen LogP contribution in [0, 0.1) is 44.4 Å². The molecule has 20 heteroatoms. The van der Waals surface area contributed by atoms with Crippen LogP contribution in [-0.4, -0.2) is 161 Å². The Balaban J connectivity index is 0.920. The van der Waals surface area contributed by atoms with Crippen LogP contribution in [-0.2, 0) is 18.9 Å². The lowest BCUT2D eigenvalue weighted by Crippen LogP contribution is -2.29. The van der Waals surface area contributed by atoms with Gasteiger partial charge in [0.2, 0.25) is 0 Å². The van der Waals surface area contributed by atoms with Crippen molar-refractivity contribution >= 4 is 105 Å². The van der Waals surface area contributed by atoms with Crippen LogP contribution < -0.4 is 32.7 Å². The maximum absolute atomic E-state index is 11.0. The minimum atomic E-state index is -0.669. The van der Waals surface area contributed by atoms with Crippen molar-refractivity contribution in [1.29, 1.82) is 0 Å². The average molecular weight is 1170 g/mol. The number of benzene rings is 3. The summed E-state index contributed by atoms with van der Waals surface area (Å²) in [4.78, 5) is 6.34. The summed E-state index contributed by atoms with van der Waals surface area (Å²) in [6.07, 6.45) is 18.9. The van der Waals surface area contributed by atoms with Gasteiger partial charge in [-0.15, -0.1) is 70.6 Å².